The van der Waals surface area contributed by atoms with E-state index < -0.39 is 0 Å². The summed E-state index contributed by atoms with van der Waals surface area (Å²) < 4.78 is 1.83. The first kappa shape index (κ1) is 12.9. The molecule has 1 aromatic heterocycles. The first-order chi connectivity index (χ1) is 9.75. The van der Waals surface area contributed by atoms with E-state index in [0.717, 1.165) is 36.3 Å². The van der Waals surface area contributed by atoms with Crippen molar-refractivity contribution < 1.29 is 4.79 Å². The normalized spacial score (nSPS) is 13.8. The van der Waals surface area contributed by atoms with E-state index in [4.69, 9.17) is 0 Å². The fraction of sp³-hybridized carbons (Fsp3) is 0.333. The molecule has 0 saturated carbocycles. The number of carbonyl (C=O) groups excluding carboxylic acids is 1. The molecule has 5 nitrogen and oxygen atoms in total. The number of carbonyl (C=O) groups is 1. The number of fused-ring (bicyclic) bond motifs is 1. The molecule has 0 fully saturated rings. The monoisotopic (exact) mass is 270 g/mol. The van der Waals surface area contributed by atoms with Crippen molar-refractivity contribution in [1.82, 2.24) is 20.4 Å². The van der Waals surface area contributed by atoms with Crippen LogP contribution < -0.4 is 10.6 Å². The summed E-state index contributed by atoms with van der Waals surface area (Å²) in [7, 11) is 1.90. The predicted molar refractivity (Wildman–Crippen MR) is 76.2 cm³/mol. The second-order valence-corrected chi connectivity index (χ2v) is 4.99. The Hall–Kier alpha value is -2.14. The Labute approximate surface area is 118 Å². The molecule has 1 aliphatic heterocycles. The number of nitrogens with one attached hydrogen (secondary N) is 2. The van der Waals surface area contributed by atoms with Gasteiger partial charge in [-0.3, -0.25) is 9.48 Å². The van der Waals surface area contributed by atoms with E-state index in [1.165, 1.54) is 0 Å². The van der Waals surface area contributed by atoms with Gasteiger partial charge in [0.25, 0.3) is 5.91 Å². The van der Waals surface area contributed by atoms with E-state index >= 15 is 0 Å². The van der Waals surface area contributed by atoms with Crippen molar-refractivity contribution in [3.8, 4) is 0 Å². The van der Waals surface area contributed by atoms with Crippen molar-refractivity contribution >= 4 is 5.91 Å². The standard InChI is InChI=1S/C15H18N4O/c1-19-13-7-8-16-10-12(13)14(18-19)15(20)17-9-11-5-3-2-4-6-11/h2-6,16H,7-10H2,1H3,(H,17,20). The Bertz CT molecular complexity index is 618. The Morgan fingerprint density at radius 2 is 2.20 bits per heavy atom. The number of aromatic nitrogens is 2. The molecule has 0 spiro atoms. The van der Waals surface area contributed by atoms with Crippen LogP contribution >= 0.6 is 0 Å². The van der Waals surface area contributed by atoms with Gasteiger partial charge in [0.05, 0.1) is 0 Å². The maximum atomic E-state index is 12.3. The molecule has 104 valence electrons. The number of hydrogen-bond acceptors (Lipinski definition) is 3. The number of amides is 1. The number of hydrogen-bond donors (Lipinski definition) is 2. The van der Waals surface area contributed by atoms with Crippen LogP contribution in [0, 0.1) is 0 Å². The summed E-state index contributed by atoms with van der Waals surface area (Å²) >= 11 is 0. The fourth-order valence-electron chi connectivity index (χ4n) is 2.57. The summed E-state index contributed by atoms with van der Waals surface area (Å²) in [6.07, 6.45) is 0.921. The maximum absolute atomic E-state index is 12.3. The summed E-state index contributed by atoms with van der Waals surface area (Å²) in [4.78, 5) is 12.3. The van der Waals surface area contributed by atoms with Gasteiger partial charge in [0.1, 0.15) is 0 Å². The van der Waals surface area contributed by atoms with Crippen LogP contribution in [0.5, 0.6) is 0 Å². The van der Waals surface area contributed by atoms with Gasteiger partial charge in [-0.05, 0) is 5.56 Å². The zero-order valence-electron chi connectivity index (χ0n) is 11.5. The van der Waals surface area contributed by atoms with Crippen LogP contribution in [-0.4, -0.2) is 22.2 Å². The van der Waals surface area contributed by atoms with Gasteiger partial charge in [-0.15, -0.1) is 0 Å². The average Bonchev–Trinajstić information content (AvgIpc) is 2.84. The zero-order valence-corrected chi connectivity index (χ0v) is 11.5. The molecule has 0 bridgehead atoms. The van der Waals surface area contributed by atoms with Crippen LogP contribution in [0.15, 0.2) is 30.3 Å². The summed E-state index contributed by atoms with van der Waals surface area (Å²) in [5, 5.41) is 10.6. The summed E-state index contributed by atoms with van der Waals surface area (Å²) in [6, 6.07) is 9.89. The van der Waals surface area contributed by atoms with E-state index in [1.807, 2.05) is 42.1 Å². The van der Waals surface area contributed by atoms with E-state index in [-0.39, 0.29) is 5.91 Å². The number of benzene rings is 1. The topological polar surface area (TPSA) is 59.0 Å². The van der Waals surface area contributed by atoms with Crippen molar-refractivity contribution in [3.05, 3.63) is 52.8 Å². The molecule has 2 aromatic rings. The maximum Gasteiger partial charge on any atom is 0.272 e. The SMILES string of the molecule is Cn1nc(C(=O)NCc2ccccc2)c2c1CCNC2. The quantitative estimate of drug-likeness (QED) is 0.874. The minimum Gasteiger partial charge on any atom is -0.347 e. The second-order valence-electron chi connectivity index (χ2n) is 4.99. The minimum absolute atomic E-state index is 0.102. The number of aryl methyl sites for hydroxylation is 1. The van der Waals surface area contributed by atoms with Crippen LogP contribution in [-0.2, 0) is 26.6 Å². The van der Waals surface area contributed by atoms with Crippen molar-refractivity contribution in [2.45, 2.75) is 19.5 Å². The third-order valence-electron chi connectivity index (χ3n) is 3.63. The first-order valence-corrected chi connectivity index (χ1v) is 6.83. The lowest BCUT2D eigenvalue weighted by atomic mass is 10.1. The van der Waals surface area contributed by atoms with Crippen molar-refractivity contribution in [2.24, 2.45) is 7.05 Å². The minimum atomic E-state index is -0.102. The molecule has 0 unspecified atom stereocenters. The largest absolute Gasteiger partial charge is 0.347 e. The van der Waals surface area contributed by atoms with Gasteiger partial charge in [0, 0.05) is 44.4 Å². The highest BCUT2D eigenvalue weighted by atomic mass is 16.1. The van der Waals surface area contributed by atoms with E-state index in [2.05, 4.69) is 15.7 Å². The van der Waals surface area contributed by atoms with Gasteiger partial charge in [-0.1, -0.05) is 30.3 Å². The lowest BCUT2D eigenvalue weighted by Gasteiger charge is -2.14. The highest BCUT2D eigenvalue weighted by molar-refractivity contribution is 5.94. The van der Waals surface area contributed by atoms with Crippen LogP contribution in [0.4, 0.5) is 0 Å². The molecular formula is C15H18N4O. The van der Waals surface area contributed by atoms with E-state index in [1.54, 1.807) is 0 Å². The Balaban J connectivity index is 1.74. The lowest BCUT2D eigenvalue weighted by Crippen LogP contribution is -2.28. The van der Waals surface area contributed by atoms with Gasteiger partial charge in [0.2, 0.25) is 0 Å². The Kier molecular flexibility index (Phi) is 3.52. The van der Waals surface area contributed by atoms with Crippen molar-refractivity contribution in [3.63, 3.8) is 0 Å². The van der Waals surface area contributed by atoms with E-state index in [0.29, 0.717) is 12.2 Å². The number of nitrogens with zero attached hydrogens (tertiary/aromatic N) is 2. The van der Waals surface area contributed by atoms with Crippen molar-refractivity contribution in [1.29, 1.82) is 0 Å². The van der Waals surface area contributed by atoms with Gasteiger partial charge in [0.15, 0.2) is 5.69 Å². The molecule has 0 radical (unpaired) electrons. The fourth-order valence-corrected chi connectivity index (χ4v) is 2.57. The molecule has 0 aliphatic carbocycles. The van der Waals surface area contributed by atoms with Crippen molar-refractivity contribution in [2.75, 3.05) is 6.54 Å². The lowest BCUT2D eigenvalue weighted by molar-refractivity contribution is 0.0944. The second kappa shape index (κ2) is 5.46. The molecule has 20 heavy (non-hydrogen) atoms. The molecule has 2 heterocycles. The third kappa shape index (κ3) is 2.44. The zero-order chi connectivity index (χ0) is 13.9. The van der Waals surface area contributed by atoms with Crippen LogP contribution in [0.25, 0.3) is 0 Å². The summed E-state index contributed by atoms with van der Waals surface area (Å²) in [5.74, 6) is -0.102. The molecule has 0 saturated heterocycles. The van der Waals surface area contributed by atoms with Crippen LogP contribution in [0.3, 0.4) is 0 Å². The molecule has 1 amide bonds. The molecule has 5 heteroatoms. The molecule has 0 atom stereocenters. The van der Waals surface area contributed by atoms with Crippen LogP contribution in [0.1, 0.15) is 27.3 Å². The molecule has 1 aliphatic rings. The molecular weight excluding hydrogens is 252 g/mol. The predicted octanol–water partition coefficient (Wildman–Crippen LogP) is 0.996. The smallest absolute Gasteiger partial charge is 0.272 e. The first-order valence-electron chi connectivity index (χ1n) is 6.83. The average molecular weight is 270 g/mol. The van der Waals surface area contributed by atoms with Gasteiger partial charge >= 0.3 is 0 Å². The summed E-state index contributed by atoms with van der Waals surface area (Å²) in [6.45, 7) is 2.19. The highest BCUT2D eigenvalue weighted by Gasteiger charge is 2.23. The Morgan fingerprint density at radius 1 is 1.40 bits per heavy atom. The van der Waals surface area contributed by atoms with Gasteiger partial charge in [-0.25, -0.2) is 0 Å². The third-order valence-corrected chi connectivity index (χ3v) is 3.63. The van der Waals surface area contributed by atoms with Gasteiger partial charge < -0.3 is 10.6 Å². The molecule has 1 aromatic carbocycles. The van der Waals surface area contributed by atoms with E-state index in [9.17, 15) is 4.79 Å². The summed E-state index contributed by atoms with van der Waals surface area (Å²) in [5.41, 5.74) is 3.83. The van der Waals surface area contributed by atoms with Gasteiger partial charge in [-0.2, -0.15) is 5.10 Å². The van der Waals surface area contributed by atoms with Crippen LogP contribution in [0.2, 0.25) is 0 Å². The highest BCUT2D eigenvalue weighted by Crippen LogP contribution is 2.17. The Morgan fingerprint density at radius 3 is 3.00 bits per heavy atom. The molecule has 2 N–H and O–H groups in total. The molecule has 3 rings (SSSR count). The number of rotatable bonds is 3.